The molecule has 6 aliphatic rings. The molecule has 4 aliphatic carbocycles. The first-order valence-corrected chi connectivity index (χ1v) is 16.7. The Hall–Kier alpha value is -2.34. The number of carbonyl (C=O) groups excluding carboxylic acids is 4. The van der Waals surface area contributed by atoms with Crippen LogP contribution < -0.4 is 4.90 Å². The van der Waals surface area contributed by atoms with Gasteiger partial charge in [0.05, 0.1) is 19.0 Å². The Labute approximate surface area is 250 Å². The molecular weight excluding hydrogens is 526 g/mol. The lowest BCUT2D eigenvalue weighted by Gasteiger charge is -2.58. The lowest BCUT2D eigenvalue weighted by Crippen LogP contribution is -3.09. The molecule has 0 amide bonds. The molecule has 3 unspecified atom stereocenters. The molecule has 1 aromatic carbocycles. The van der Waals surface area contributed by atoms with Gasteiger partial charge in [0.25, 0.3) is 0 Å². The second kappa shape index (κ2) is 10.1. The minimum Gasteiger partial charge on any atom is -0.448 e. The molecule has 2 aliphatic heterocycles. The van der Waals surface area contributed by atoms with E-state index >= 15 is 0 Å². The topological polar surface area (TPSA) is 81.9 Å². The van der Waals surface area contributed by atoms with E-state index in [1.807, 2.05) is 18.2 Å². The summed E-state index contributed by atoms with van der Waals surface area (Å²) in [5.41, 5.74) is -0.00764. The molecule has 4 saturated carbocycles. The quantitative estimate of drug-likeness (QED) is 0.511. The SMILES string of the molecule is C[C@H](CCC(=O)OC1(c2ccccc2)C[NH+]2CCC1C2)[C@H]1CC[C@H]2[C@@H]3C(=O)C[C@@H]4CC(=O)CC[C@]4(C)[C@H]3CC(=O)[C@]12C. The molecule has 6 heteroatoms. The van der Waals surface area contributed by atoms with E-state index in [0.717, 1.165) is 50.9 Å². The van der Waals surface area contributed by atoms with Crippen LogP contribution in [0.15, 0.2) is 30.3 Å². The highest BCUT2D eigenvalue weighted by Gasteiger charge is 2.66. The van der Waals surface area contributed by atoms with Crippen molar-refractivity contribution in [2.75, 3.05) is 19.6 Å². The number of Topliss-reactive ketones (excluding diaryl/α,β-unsaturated/α-hetero) is 3. The van der Waals surface area contributed by atoms with Crippen molar-refractivity contribution >= 4 is 23.3 Å². The van der Waals surface area contributed by atoms with E-state index in [4.69, 9.17) is 4.74 Å². The Morgan fingerprint density at radius 3 is 2.50 bits per heavy atom. The molecule has 1 aromatic rings. The Bertz CT molecular complexity index is 1290. The maximum Gasteiger partial charge on any atom is 0.306 e. The number of quaternary nitrogens is 1. The molecule has 6 nitrogen and oxygen atoms in total. The fourth-order valence-electron chi connectivity index (χ4n) is 11.4. The number of hydrogen-bond acceptors (Lipinski definition) is 5. The van der Waals surface area contributed by atoms with Gasteiger partial charge in [0.1, 0.15) is 23.9 Å². The van der Waals surface area contributed by atoms with Crippen LogP contribution in [0.4, 0.5) is 0 Å². The van der Waals surface area contributed by atoms with Gasteiger partial charge >= 0.3 is 5.97 Å². The zero-order chi connectivity index (χ0) is 29.4. The van der Waals surface area contributed by atoms with Crippen molar-refractivity contribution in [1.82, 2.24) is 0 Å². The van der Waals surface area contributed by atoms with Crippen molar-refractivity contribution in [3.63, 3.8) is 0 Å². The van der Waals surface area contributed by atoms with Gasteiger partial charge in [0, 0.05) is 55.4 Å². The first-order chi connectivity index (χ1) is 20.1. The van der Waals surface area contributed by atoms with Crippen molar-refractivity contribution in [3.05, 3.63) is 35.9 Å². The van der Waals surface area contributed by atoms with Gasteiger partial charge in [-0.1, -0.05) is 51.1 Å². The zero-order valence-corrected chi connectivity index (χ0v) is 25.7. The third-order valence-corrected chi connectivity index (χ3v) is 13.8. The monoisotopic (exact) mass is 574 g/mol. The van der Waals surface area contributed by atoms with Crippen LogP contribution in [0.1, 0.15) is 90.5 Å². The number of ether oxygens (including phenoxy) is 1. The highest BCUT2D eigenvalue weighted by atomic mass is 16.6. The highest BCUT2D eigenvalue weighted by Crippen LogP contribution is 2.66. The van der Waals surface area contributed by atoms with Crippen LogP contribution in [-0.4, -0.2) is 43.0 Å². The third kappa shape index (κ3) is 4.13. The van der Waals surface area contributed by atoms with E-state index < -0.39 is 11.0 Å². The summed E-state index contributed by atoms with van der Waals surface area (Å²) in [6, 6.07) is 10.3. The fourth-order valence-corrected chi connectivity index (χ4v) is 11.4. The Kier molecular flexibility index (Phi) is 6.84. The minimum absolute atomic E-state index is 0.0645. The van der Waals surface area contributed by atoms with E-state index in [1.165, 1.54) is 4.90 Å². The number of rotatable bonds is 6. The fraction of sp³-hybridized carbons (Fsp3) is 0.722. The van der Waals surface area contributed by atoms with Gasteiger partial charge in [0.2, 0.25) is 0 Å². The number of nitrogens with one attached hydrogen (secondary N) is 1. The first-order valence-electron chi connectivity index (χ1n) is 16.7. The largest absolute Gasteiger partial charge is 0.448 e. The summed E-state index contributed by atoms with van der Waals surface area (Å²) < 4.78 is 6.44. The molecule has 11 atom stereocenters. The van der Waals surface area contributed by atoms with Crippen molar-refractivity contribution in [2.45, 2.75) is 90.6 Å². The first kappa shape index (κ1) is 28.4. The molecule has 0 aromatic heterocycles. The summed E-state index contributed by atoms with van der Waals surface area (Å²) in [5.74, 6) is 1.70. The van der Waals surface area contributed by atoms with Gasteiger partial charge in [0.15, 0.2) is 5.60 Å². The molecule has 1 N–H and O–H groups in total. The van der Waals surface area contributed by atoms with Gasteiger partial charge in [-0.2, -0.15) is 0 Å². The van der Waals surface area contributed by atoms with Crippen molar-refractivity contribution in [3.8, 4) is 0 Å². The molecule has 2 saturated heterocycles. The van der Waals surface area contributed by atoms with Crippen LogP contribution in [0, 0.1) is 52.3 Å². The predicted molar refractivity (Wildman–Crippen MR) is 157 cm³/mol. The molecular formula is C36H48NO5+. The standard InChI is InChI=1S/C36H47NO5/c1-22(9-12-32(41)42-36(23-7-5-4-6-8-23)21-37-16-14-24(36)20-37)27-10-11-28-33-29(19-31(40)35(27,28)3)34(2)15-13-26(38)17-25(34)18-30(33)39/h4-8,22,24-25,27-29,33H,9-21H2,1-3H3/p+1/t22-,24?,25+,27-,28+,29+,33+,34+,35-,36?/m1/s1. The lowest BCUT2D eigenvalue weighted by atomic mass is 9.44. The van der Waals surface area contributed by atoms with Crippen molar-refractivity contribution in [2.24, 2.45) is 52.3 Å². The number of ketones is 3. The van der Waals surface area contributed by atoms with E-state index in [-0.39, 0.29) is 52.7 Å². The minimum atomic E-state index is -0.521. The molecule has 7 rings (SSSR count). The Morgan fingerprint density at radius 2 is 1.79 bits per heavy atom. The summed E-state index contributed by atoms with van der Waals surface area (Å²) in [7, 11) is 0. The summed E-state index contributed by atoms with van der Waals surface area (Å²) in [4.78, 5) is 55.1. The normalized spacial score (nSPS) is 44.8. The van der Waals surface area contributed by atoms with E-state index in [2.05, 4.69) is 32.9 Å². The van der Waals surface area contributed by atoms with Crippen LogP contribution in [0.3, 0.4) is 0 Å². The van der Waals surface area contributed by atoms with Crippen molar-refractivity contribution in [1.29, 1.82) is 0 Å². The molecule has 2 heterocycles. The van der Waals surface area contributed by atoms with Gasteiger partial charge in [-0.25, -0.2) is 0 Å². The second-order valence-electron chi connectivity index (χ2n) is 15.6. The van der Waals surface area contributed by atoms with Crippen LogP contribution in [-0.2, 0) is 29.5 Å². The lowest BCUT2D eigenvalue weighted by molar-refractivity contribution is -0.883. The second-order valence-corrected chi connectivity index (χ2v) is 15.6. The number of benzene rings is 1. The molecule has 2 bridgehead atoms. The number of piperidine rings is 1. The summed E-state index contributed by atoms with van der Waals surface area (Å²) in [5, 5.41) is 0. The molecule has 42 heavy (non-hydrogen) atoms. The summed E-state index contributed by atoms with van der Waals surface area (Å²) in [6.07, 6.45) is 6.87. The third-order valence-electron chi connectivity index (χ3n) is 13.8. The molecule has 226 valence electrons. The molecule has 6 fully saturated rings. The smallest absolute Gasteiger partial charge is 0.306 e. The zero-order valence-electron chi connectivity index (χ0n) is 25.7. The number of hydrogen-bond donors (Lipinski definition) is 1. The van der Waals surface area contributed by atoms with Gasteiger partial charge in [-0.3, -0.25) is 19.2 Å². The van der Waals surface area contributed by atoms with Crippen LogP contribution in [0.5, 0.6) is 0 Å². The molecule has 0 radical (unpaired) electrons. The van der Waals surface area contributed by atoms with Gasteiger partial charge in [-0.05, 0) is 60.7 Å². The highest BCUT2D eigenvalue weighted by molar-refractivity contribution is 5.93. The maximum atomic E-state index is 14.1. The van der Waals surface area contributed by atoms with Crippen LogP contribution in [0.2, 0.25) is 0 Å². The summed E-state index contributed by atoms with van der Waals surface area (Å²) in [6.45, 7) is 9.70. The Balaban J connectivity index is 1.05. The average molecular weight is 575 g/mol. The van der Waals surface area contributed by atoms with E-state index in [1.54, 1.807) is 0 Å². The maximum absolute atomic E-state index is 14.1. The average Bonchev–Trinajstić information content (AvgIpc) is 3.68. The number of fused-ring (bicyclic) bond motifs is 7. The number of esters is 1. The Morgan fingerprint density at radius 1 is 1.00 bits per heavy atom. The van der Waals surface area contributed by atoms with E-state index in [0.29, 0.717) is 56.0 Å². The van der Waals surface area contributed by atoms with Crippen LogP contribution >= 0.6 is 0 Å². The summed E-state index contributed by atoms with van der Waals surface area (Å²) >= 11 is 0. The molecule has 0 spiro atoms. The van der Waals surface area contributed by atoms with Gasteiger partial charge < -0.3 is 9.64 Å². The predicted octanol–water partition coefficient (Wildman–Crippen LogP) is 4.35. The van der Waals surface area contributed by atoms with Crippen molar-refractivity contribution < 1.29 is 28.8 Å². The van der Waals surface area contributed by atoms with Gasteiger partial charge in [-0.15, -0.1) is 0 Å². The van der Waals surface area contributed by atoms with Crippen LogP contribution in [0.25, 0.3) is 0 Å². The number of carbonyl (C=O) groups is 4. The van der Waals surface area contributed by atoms with E-state index in [9.17, 15) is 19.2 Å².